The minimum Gasteiger partial charge on any atom is -0.390 e. The van der Waals surface area contributed by atoms with Crippen LogP contribution in [0.1, 0.15) is 26.3 Å². The summed E-state index contributed by atoms with van der Waals surface area (Å²) in [6.07, 6.45) is 0. The molecule has 0 aliphatic carbocycles. The third-order valence-electron chi connectivity index (χ3n) is 1.91. The van der Waals surface area contributed by atoms with Crippen LogP contribution in [0.25, 0.3) is 0 Å². The summed E-state index contributed by atoms with van der Waals surface area (Å²) in [6.45, 7) is 6.32. The summed E-state index contributed by atoms with van der Waals surface area (Å²) in [7, 11) is 0. The molecule has 0 fully saturated rings. The van der Waals surface area contributed by atoms with Crippen molar-refractivity contribution in [2.24, 2.45) is 10.6 Å². The van der Waals surface area contributed by atoms with Gasteiger partial charge in [-0.3, -0.25) is 0 Å². The molecule has 1 aromatic rings. The molecule has 2 nitrogen and oxygen atoms in total. The van der Waals surface area contributed by atoms with Crippen LogP contribution in [0.4, 0.5) is 0 Å². The van der Waals surface area contributed by atoms with Crippen LogP contribution in [0.2, 0.25) is 5.02 Å². The third kappa shape index (κ3) is 4.42. The Labute approximate surface area is 106 Å². The average molecular weight is 260 g/mol. The van der Waals surface area contributed by atoms with Gasteiger partial charge in [0.15, 0.2) is 5.17 Å². The Morgan fingerprint density at radius 1 is 1.25 bits per heavy atom. The van der Waals surface area contributed by atoms with Gasteiger partial charge in [0.25, 0.3) is 0 Å². The largest absolute Gasteiger partial charge is 0.390 e. The summed E-state index contributed by atoms with van der Waals surface area (Å²) in [6, 6.07) is 7.41. The van der Waals surface area contributed by atoms with Crippen LogP contribution in [0.15, 0.2) is 29.4 Å². The number of hydrogen-bond acceptors (Lipinski definition) is 2. The van der Waals surface area contributed by atoms with Gasteiger partial charge in [0.2, 0.25) is 0 Å². The summed E-state index contributed by atoms with van der Waals surface area (Å²) in [5, 5.41) is 5.03. The zero-order valence-electron chi connectivity index (χ0n) is 9.63. The molecule has 16 heavy (non-hydrogen) atoms. The molecule has 0 atom stereocenters. The molecule has 1 rings (SSSR count). The second-order valence-corrected chi connectivity index (χ2v) is 5.33. The highest BCUT2D eigenvalue weighted by Crippen LogP contribution is 2.19. The number of halogens is 2. The number of nitrogens with zero attached hydrogens (tertiary/aromatic N) is 1. The first-order valence-corrected chi connectivity index (χ1v) is 5.75. The van der Waals surface area contributed by atoms with Crippen molar-refractivity contribution in [1.82, 2.24) is 0 Å². The minimum absolute atomic E-state index is 0.179. The van der Waals surface area contributed by atoms with Gasteiger partial charge in [-0.05, 0) is 17.7 Å². The Kier molecular flexibility index (Phi) is 4.63. The zero-order chi connectivity index (χ0) is 12.2. The second-order valence-electron chi connectivity index (χ2n) is 4.53. The molecule has 0 aliphatic rings. The molecular weight excluding hydrogens is 245 g/mol. The van der Waals surface area contributed by atoms with Crippen LogP contribution in [0.5, 0.6) is 0 Å². The topological polar surface area (TPSA) is 21.6 Å². The molecule has 0 spiro atoms. The van der Waals surface area contributed by atoms with Crippen molar-refractivity contribution in [2.45, 2.75) is 27.4 Å². The fraction of sp³-hybridized carbons (Fsp3) is 0.417. The predicted octanol–water partition coefficient (Wildman–Crippen LogP) is 4.46. The molecule has 88 valence electrons. The number of hydrogen-bond donors (Lipinski definition) is 0. The highest BCUT2D eigenvalue weighted by Gasteiger charge is 2.17. The first kappa shape index (κ1) is 13.3. The summed E-state index contributed by atoms with van der Waals surface area (Å²) in [5.74, 6) is 0. The Hall–Kier alpha value is -0.730. The lowest BCUT2D eigenvalue weighted by Crippen LogP contribution is -2.14. The van der Waals surface area contributed by atoms with Crippen molar-refractivity contribution in [3.63, 3.8) is 0 Å². The van der Waals surface area contributed by atoms with E-state index in [-0.39, 0.29) is 5.41 Å². The Morgan fingerprint density at radius 3 is 2.31 bits per heavy atom. The van der Waals surface area contributed by atoms with Crippen LogP contribution in [0, 0.1) is 5.41 Å². The molecule has 0 aromatic heterocycles. The van der Waals surface area contributed by atoms with Crippen LogP contribution < -0.4 is 0 Å². The van der Waals surface area contributed by atoms with E-state index in [1.165, 1.54) is 0 Å². The van der Waals surface area contributed by atoms with Gasteiger partial charge in [-0.1, -0.05) is 61.3 Å². The number of benzene rings is 1. The average Bonchev–Trinajstić information content (AvgIpc) is 2.19. The summed E-state index contributed by atoms with van der Waals surface area (Å²) < 4.78 is 0. The molecule has 0 amide bonds. The summed E-state index contributed by atoms with van der Waals surface area (Å²) >= 11 is 11.7. The van der Waals surface area contributed by atoms with Crippen LogP contribution in [-0.2, 0) is 11.4 Å². The maximum atomic E-state index is 5.95. The normalized spacial score (nSPS) is 12.7. The van der Waals surface area contributed by atoms with Crippen LogP contribution in [-0.4, -0.2) is 5.17 Å². The van der Waals surface area contributed by atoms with Gasteiger partial charge in [0.05, 0.1) is 0 Å². The van der Waals surface area contributed by atoms with E-state index in [2.05, 4.69) is 5.16 Å². The fourth-order valence-electron chi connectivity index (χ4n) is 0.881. The van der Waals surface area contributed by atoms with E-state index < -0.39 is 0 Å². The fourth-order valence-corrected chi connectivity index (χ4v) is 1.06. The highest BCUT2D eigenvalue weighted by molar-refractivity contribution is 6.66. The SMILES string of the molecule is CC(C)(C)/C(Cl)=N/OCc1ccc(Cl)cc1. The molecule has 4 heteroatoms. The lowest BCUT2D eigenvalue weighted by Gasteiger charge is -2.14. The maximum Gasteiger partial charge on any atom is 0.150 e. The third-order valence-corrected chi connectivity index (χ3v) is 2.80. The Bertz CT molecular complexity index is 366. The van der Waals surface area contributed by atoms with Crippen molar-refractivity contribution in [3.8, 4) is 0 Å². The van der Waals surface area contributed by atoms with Crippen LogP contribution >= 0.6 is 23.2 Å². The van der Waals surface area contributed by atoms with Crippen LogP contribution in [0.3, 0.4) is 0 Å². The van der Waals surface area contributed by atoms with Gasteiger partial charge in [-0.25, -0.2) is 0 Å². The molecule has 0 saturated heterocycles. The Morgan fingerprint density at radius 2 is 1.81 bits per heavy atom. The lowest BCUT2D eigenvalue weighted by atomic mass is 9.99. The molecule has 0 N–H and O–H groups in total. The van der Waals surface area contributed by atoms with E-state index in [0.717, 1.165) is 5.56 Å². The molecule has 0 aliphatic heterocycles. The molecule has 0 bridgehead atoms. The monoisotopic (exact) mass is 259 g/mol. The highest BCUT2D eigenvalue weighted by atomic mass is 35.5. The molecule has 0 radical (unpaired) electrons. The van der Waals surface area contributed by atoms with E-state index in [1.807, 2.05) is 45.0 Å². The first-order valence-electron chi connectivity index (χ1n) is 5.00. The van der Waals surface area contributed by atoms with Gasteiger partial charge in [0, 0.05) is 10.4 Å². The van der Waals surface area contributed by atoms with E-state index >= 15 is 0 Å². The lowest BCUT2D eigenvalue weighted by molar-refractivity contribution is 0.129. The van der Waals surface area contributed by atoms with E-state index in [4.69, 9.17) is 28.0 Å². The molecule has 0 saturated carbocycles. The van der Waals surface area contributed by atoms with Gasteiger partial charge < -0.3 is 4.84 Å². The van der Waals surface area contributed by atoms with Gasteiger partial charge >= 0.3 is 0 Å². The van der Waals surface area contributed by atoms with Crippen molar-refractivity contribution in [3.05, 3.63) is 34.9 Å². The summed E-state index contributed by atoms with van der Waals surface area (Å²) in [5.41, 5.74) is 0.827. The number of rotatable bonds is 3. The van der Waals surface area contributed by atoms with Crippen molar-refractivity contribution >= 4 is 28.4 Å². The van der Waals surface area contributed by atoms with Crippen molar-refractivity contribution in [2.75, 3.05) is 0 Å². The summed E-state index contributed by atoms with van der Waals surface area (Å²) in [4.78, 5) is 5.16. The molecular formula is C12H15Cl2NO. The number of oxime groups is 1. The van der Waals surface area contributed by atoms with Crippen molar-refractivity contribution < 1.29 is 4.84 Å². The van der Waals surface area contributed by atoms with E-state index in [0.29, 0.717) is 16.8 Å². The predicted molar refractivity (Wildman–Crippen MR) is 69.0 cm³/mol. The van der Waals surface area contributed by atoms with Gasteiger partial charge in [0.1, 0.15) is 6.61 Å². The second kappa shape index (κ2) is 5.55. The minimum atomic E-state index is -0.179. The first-order chi connectivity index (χ1) is 7.39. The van der Waals surface area contributed by atoms with E-state index in [9.17, 15) is 0 Å². The molecule has 0 heterocycles. The zero-order valence-corrected chi connectivity index (χ0v) is 11.1. The van der Waals surface area contributed by atoms with Crippen molar-refractivity contribution in [1.29, 1.82) is 0 Å². The molecule has 0 unspecified atom stereocenters. The smallest absolute Gasteiger partial charge is 0.150 e. The quantitative estimate of drug-likeness (QED) is 0.581. The maximum absolute atomic E-state index is 5.95. The van der Waals surface area contributed by atoms with E-state index in [1.54, 1.807) is 0 Å². The van der Waals surface area contributed by atoms with Gasteiger partial charge in [-0.15, -0.1) is 0 Å². The molecule has 1 aromatic carbocycles. The Balaban J connectivity index is 2.50. The standard InChI is InChI=1S/C12H15Cl2NO/c1-12(2,3)11(14)15-16-8-9-4-6-10(13)7-5-9/h4-7H,8H2,1-3H3/b15-11-. The van der Waals surface area contributed by atoms with Gasteiger partial charge in [-0.2, -0.15) is 0 Å².